The van der Waals surface area contributed by atoms with Crippen LogP contribution >= 0.6 is 0 Å². The van der Waals surface area contributed by atoms with Crippen LogP contribution in [0.5, 0.6) is 0 Å². The van der Waals surface area contributed by atoms with Crippen molar-refractivity contribution in [3.8, 4) is 0 Å². The Morgan fingerprint density at radius 3 is 2.67 bits per heavy atom. The van der Waals surface area contributed by atoms with Crippen molar-refractivity contribution in [3.63, 3.8) is 0 Å². The summed E-state index contributed by atoms with van der Waals surface area (Å²) in [7, 11) is 0. The van der Waals surface area contributed by atoms with Gasteiger partial charge in [0.15, 0.2) is 0 Å². The maximum atomic E-state index is 4.50. The molecule has 1 aromatic carbocycles. The quantitative estimate of drug-likeness (QED) is 0.694. The third-order valence-electron chi connectivity index (χ3n) is 3.13. The van der Waals surface area contributed by atoms with E-state index < -0.39 is 0 Å². The first-order valence-corrected chi connectivity index (χ1v) is 6.15. The van der Waals surface area contributed by atoms with Gasteiger partial charge in [-0.1, -0.05) is 30.3 Å². The minimum absolute atomic E-state index is 0.951. The third-order valence-corrected chi connectivity index (χ3v) is 3.13. The molecule has 0 radical (unpaired) electrons. The van der Waals surface area contributed by atoms with E-state index in [9.17, 15) is 0 Å². The van der Waals surface area contributed by atoms with E-state index in [1.807, 2.05) is 18.5 Å². The van der Waals surface area contributed by atoms with Crippen LogP contribution in [0.15, 0.2) is 61.1 Å². The standard InChI is InChI=1S/C16H14N2/c1-2-6-15-14(5-1)9-11-18-16(15)8-7-13-4-3-10-17-12-13/h1-6,9-12H,7-8H2. The van der Waals surface area contributed by atoms with Gasteiger partial charge in [0, 0.05) is 29.7 Å². The molecular weight excluding hydrogens is 220 g/mol. The average Bonchev–Trinajstić information content (AvgIpc) is 2.46. The second-order valence-electron chi connectivity index (χ2n) is 4.34. The molecule has 0 atom stereocenters. The van der Waals surface area contributed by atoms with Crippen molar-refractivity contribution in [2.45, 2.75) is 12.8 Å². The predicted molar refractivity (Wildman–Crippen MR) is 73.4 cm³/mol. The summed E-state index contributed by atoms with van der Waals surface area (Å²) in [5.74, 6) is 0. The SMILES string of the molecule is c1cncc(CCc2nccc3ccccc23)c1. The molecule has 2 heteroatoms. The van der Waals surface area contributed by atoms with E-state index in [1.54, 1.807) is 6.20 Å². The maximum Gasteiger partial charge on any atom is 0.0485 e. The van der Waals surface area contributed by atoms with Gasteiger partial charge < -0.3 is 0 Å². The molecule has 0 saturated heterocycles. The lowest BCUT2D eigenvalue weighted by molar-refractivity contribution is 0.918. The Kier molecular flexibility index (Phi) is 3.01. The molecule has 0 fully saturated rings. The zero-order chi connectivity index (χ0) is 12.2. The highest BCUT2D eigenvalue weighted by atomic mass is 14.7. The number of rotatable bonds is 3. The van der Waals surface area contributed by atoms with Gasteiger partial charge in [-0.2, -0.15) is 0 Å². The molecule has 0 spiro atoms. The Morgan fingerprint density at radius 2 is 1.78 bits per heavy atom. The van der Waals surface area contributed by atoms with E-state index >= 15 is 0 Å². The summed E-state index contributed by atoms with van der Waals surface area (Å²) in [5.41, 5.74) is 2.42. The van der Waals surface area contributed by atoms with Crippen LogP contribution in [0, 0.1) is 0 Å². The van der Waals surface area contributed by atoms with Crippen molar-refractivity contribution in [2.24, 2.45) is 0 Å². The number of aromatic nitrogens is 2. The van der Waals surface area contributed by atoms with E-state index in [1.165, 1.54) is 16.3 Å². The number of aryl methyl sites for hydroxylation is 2. The first kappa shape index (κ1) is 10.9. The molecule has 3 rings (SSSR count). The lowest BCUT2D eigenvalue weighted by atomic mass is 10.0. The molecule has 2 heterocycles. The lowest BCUT2D eigenvalue weighted by Crippen LogP contribution is -1.95. The summed E-state index contributed by atoms with van der Waals surface area (Å²) in [6.45, 7) is 0. The predicted octanol–water partition coefficient (Wildman–Crippen LogP) is 3.42. The van der Waals surface area contributed by atoms with Gasteiger partial charge in [-0.3, -0.25) is 9.97 Å². The first-order chi connectivity index (χ1) is 8.93. The topological polar surface area (TPSA) is 25.8 Å². The number of nitrogens with zero attached hydrogens (tertiary/aromatic N) is 2. The van der Waals surface area contributed by atoms with Gasteiger partial charge in [-0.25, -0.2) is 0 Å². The van der Waals surface area contributed by atoms with Crippen LogP contribution in [0.2, 0.25) is 0 Å². The molecule has 0 N–H and O–H groups in total. The lowest BCUT2D eigenvalue weighted by Gasteiger charge is -2.05. The fourth-order valence-corrected chi connectivity index (χ4v) is 2.19. The van der Waals surface area contributed by atoms with Crippen molar-refractivity contribution in [2.75, 3.05) is 0 Å². The number of benzene rings is 1. The van der Waals surface area contributed by atoms with Crippen LogP contribution < -0.4 is 0 Å². The van der Waals surface area contributed by atoms with Gasteiger partial charge >= 0.3 is 0 Å². The average molecular weight is 234 g/mol. The van der Waals surface area contributed by atoms with Gasteiger partial charge in [-0.05, 0) is 35.9 Å². The maximum absolute atomic E-state index is 4.50. The Balaban J connectivity index is 1.87. The van der Waals surface area contributed by atoms with E-state index in [4.69, 9.17) is 0 Å². The van der Waals surface area contributed by atoms with Gasteiger partial charge in [0.25, 0.3) is 0 Å². The molecule has 0 bridgehead atoms. The van der Waals surface area contributed by atoms with Crippen LogP contribution in [0.25, 0.3) is 10.8 Å². The van der Waals surface area contributed by atoms with Crippen LogP contribution in [0.1, 0.15) is 11.3 Å². The molecular formula is C16H14N2. The van der Waals surface area contributed by atoms with Crippen LogP contribution in [0.3, 0.4) is 0 Å². The van der Waals surface area contributed by atoms with E-state index in [-0.39, 0.29) is 0 Å². The Bertz CT molecular complexity index is 642. The minimum Gasteiger partial charge on any atom is -0.264 e. The summed E-state index contributed by atoms with van der Waals surface area (Å²) < 4.78 is 0. The summed E-state index contributed by atoms with van der Waals surface area (Å²) in [5, 5.41) is 2.51. The molecule has 0 amide bonds. The second kappa shape index (κ2) is 4.96. The summed E-state index contributed by atoms with van der Waals surface area (Å²) in [6.07, 6.45) is 7.55. The zero-order valence-electron chi connectivity index (χ0n) is 10.1. The van der Waals surface area contributed by atoms with Crippen molar-refractivity contribution >= 4 is 10.8 Å². The number of fused-ring (bicyclic) bond motifs is 1. The summed E-state index contributed by atoms with van der Waals surface area (Å²) >= 11 is 0. The van der Waals surface area contributed by atoms with Crippen molar-refractivity contribution < 1.29 is 0 Å². The fraction of sp³-hybridized carbons (Fsp3) is 0.125. The molecule has 0 aliphatic carbocycles. The highest BCUT2D eigenvalue weighted by Gasteiger charge is 2.02. The van der Waals surface area contributed by atoms with Crippen molar-refractivity contribution in [3.05, 3.63) is 72.3 Å². The Hall–Kier alpha value is -2.22. The highest BCUT2D eigenvalue weighted by molar-refractivity contribution is 5.84. The van der Waals surface area contributed by atoms with Crippen molar-refractivity contribution in [1.29, 1.82) is 0 Å². The Morgan fingerprint density at radius 1 is 0.833 bits per heavy atom. The van der Waals surface area contributed by atoms with Crippen LogP contribution in [0.4, 0.5) is 0 Å². The van der Waals surface area contributed by atoms with Crippen LogP contribution in [-0.2, 0) is 12.8 Å². The third kappa shape index (κ3) is 2.23. The van der Waals surface area contributed by atoms with Crippen molar-refractivity contribution in [1.82, 2.24) is 9.97 Å². The summed E-state index contributed by atoms with van der Waals surface area (Å²) in [6, 6.07) is 14.5. The molecule has 0 aliphatic rings. The molecule has 18 heavy (non-hydrogen) atoms. The van der Waals surface area contributed by atoms with Gasteiger partial charge in [0.05, 0.1) is 0 Å². The molecule has 0 unspecified atom stereocenters. The molecule has 2 aromatic heterocycles. The van der Waals surface area contributed by atoms with Gasteiger partial charge in [0.2, 0.25) is 0 Å². The van der Waals surface area contributed by atoms with Gasteiger partial charge in [-0.15, -0.1) is 0 Å². The smallest absolute Gasteiger partial charge is 0.0485 e. The van der Waals surface area contributed by atoms with E-state index in [0.29, 0.717) is 0 Å². The number of hydrogen-bond donors (Lipinski definition) is 0. The molecule has 2 nitrogen and oxygen atoms in total. The second-order valence-corrected chi connectivity index (χ2v) is 4.34. The van der Waals surface area contributed by atoms with E-state index in [2.05, 4.69) is 46.4 Å². The largest absolute Gasteiger partial charge is 0.264 e. The molecule has 0 aliphatic heterocycles. The normalized spacial score (nSPS) is 10.7. The monoisotopic (exact) mass is 234 g/mol. The Labute approximate surface area is 106 Å². The zero-order valence-corrected chi connectivity index (χ0v) is 10.1. The molecule has 88 valence electrons. The van der Waals surface area contributed by atoms with Gasteiger partial charge in [0.1, 0.15) is 0 Å². The molecule has 0 saturated carbocycles. The first-order valence-electron chi connectivity index (χ1n) is 6.15. The number of hydrogen-bond acceptors (Lipinski definition) is 2. The fourth-order valence-electron chi connectivity index (χ4n) is 2.19. The highest BCUT2D eigenvalue weighted by Crippen LogP contribution is 2.17. The minimum atomic E-state index is 0.951. The molecule has 3 aromatic rings. The number of pyridine rings is 2. The van der Waals surface area contributed by atoms with E-state index in [0.717, 1.165) is 18.5 Å². The summed E-state index contributed by atoms with van der Waals surface area (Å²) in [4.78, 5) is 8.64. The van der Waals surface area contributed by atoms with Crippen LogP contribution in [-0.4, -0.2) is 9.97 Å².